The third-order valence-corrected chi connectivity index (χ3v) is 7.53. The summed E-state index contributed by atoms with van der Waals surface area (Å²) < 4.78 is 1.39. The fourth-order valence-electron chi connectivity index (χ4n) is 3.83. The molecule has 1 aliphatic rings. The Bertz CT molecular complexity index is 1080. The highest BCUT2D eigenvalue weighted by atomic mass is 32.1. The number of benzene rings is 1. The maximum atomic E-state index is 4.62. The molecule has 1 saturated heterocycles. The molecule has 0 spiro atoms. The highest BCUT2D eigenvalue weighted by Crippen LogP contribution is 2.31. The topological polar surface area (TPSA) is 32.3 Å². The number of nitrogens with zero attached hydrogens (tertiary/aromatic N) is 4. The summed E-state index contributed by atoms with van der Waals surface area (Å²) in [6.07, 6.45) is 2.78. The second kappa shape index (κ2) is 7.19. The van der Waals surface area contributed by atoms with E-state index in [1.807, 2.05) is 11.3 Å². The van der Waals surface area contributed by atoms with Gasteiger partial charge in [0, 0.05) is 42.3 Å². The molecule has 0 N–H and O–H groups in total. The Hall–Kier alpha value is -2.02. The molecule has 5 rings (SSSR count). The Morgan fingerprint density at radius 3 is 2.74 bits per heavy atom. The van der Waals surface area contributed by atoms with E-state index in [2.05, 4.69) is 62.4 Å². The van der Waals surface area contributed by atoms with Crippen LogP contribution in [-0.2, 0) is 13.0 Å². The first kappa shape index (κ1) is 17.1. The van der Waals surface area contributed by atoms with Crippen molar-refractivity contribution in [2.45, 2.75) is 19.9 Å². The van der Waals surface area contributed by atoms with E-state index < -0.39 is 0 Å². The molecule has 6 heteroatoms. The summed E-state index contributed by atoms with van der Waals surface area (Å²) in [5, 5.41) is 4.95. The fourth-order valence-corrected chi connectivity index (χ4v) is 5.72. The Kier molecular flexibility index (Phi) is 4.55. The van der Waals surface area contributed by atoms with Crippen LogP contribution in [0.25, 0.3) is 20.3 Å². The Morgan fingerprint density at radius 2 is 1.89 bits per heavy atom. The van der Waals surface area contributed by atoms with Gasteiger partial charge in [-0.2, -0.15) is 0 Å². The van der Waals surface area contributed by atoms with Crippen LogP contribution in [0.2, 0.25) is 0 Å². The van der Waals surface area contributed by atoms with Crippen LogP contribution in [0.4, 0.5) is 5.82 Å². The summed E-state index contributed by atoms with van der Waals surface area (Å²) in [7, 11) is 0. The van der Waals surface area contributed by atoms with Crippen molar-refractivity contribution in [3.8, 4) is 0 Å². The molecular weight excluding hydrogens is 372 g/mol. The normalized spacial score (nSPS) is 15.8. The van der Waals surface area contributed by atoms with Gasteiger partial charge in [0.25, 0.3) is 0 Å². The summed E-state index contributed by atoms with van der Waals surface area (Å²) >= 11 is 3.65. The number of anilines is 1. The highest BCUT2D eigenvalue weighted by Gasteiger charge is 2.21. The third kappa shape index (κ3) is 3.22. The van der Waals surface area contributed by atoms with Gasteiger partial charge in [0.05, 0.1) is 5.39 Å². The predicted octanol–water partition coefficient (Wildman–Crippen LogP) is 4.79. The fraction of sp³-hybridized carbons (Fsp3) is 0.333. The zero-order chi connectivity index (χ0) is 18.2. The third-order valence-electron chi connectivity index (χ3n) is 5.33. The molecule has 0 amide bonds. The van der Waals surface area contributed by atoms with E-state index in [-0.39, 0.29) is 0 Å². The van der Waals surface area contributed by atoms with Crippen LogP contribution >= 0.6 is 22.7 Å². The van der Waals surface area contributed by atoms with Crippen LogP contribution in [0.1, 0.15) is 17.4 Å². The van der Waals surface area contributed by atoms with Crippen LogP contribution in [0.15, 0.2) is 42.0 Å². The van der Waals surface area contributed by atoms with E-state index in [0.29, 0.717) is 0 Å². The first-order chi connectivity index (χ1) is 13.3. The van der Waals surface area contributed by atoms with Crippen molar-refractivity contribution in [2.75, 3.05) is 31.1 Å². The molecule has 4 nitrogen and oxygen atoms in total. The molecule has 4 aromatic rings. The lowest BCUT2D eigenvalue weighted by Gasteiger charge is -2.35. The van der Waals surface area contributed by atoms with Gasteiger partial charge in [-0.3, -0.25) is 4.90 Å². The van der Waals surface area contributed by atoms with E-state index in [9.17, 15) is 0 Å². The summed E-state index contributed by atoms with van der Waals surface area (Å²) in [6.45, 7) is 7.41. The minimum absolute atomic E-state index is 1.02. The van der Waals surface area contributed by atoms with Crippen LogP contribution in [-0.4, -0.2) is 41.0 Å². The molecule has 4 heterocycles. The molecule has 0 radical (unpaired) electrons. The molecule has 1 aromatic carbocycles. The van der Waals surface area contributed by atoms with Crippen molar-refractivity contribution in [2.24, 2.45) is 0 Å². The molecule has 0 saturated carbocycles. The number of aromatic nitrogens is 2. The second-order valence-corrected chi connectivity index (χ2v) is 9.03. The SMILES string of the molecule is CCc1cc2c(N3CCN(Cc4csc5ccccc45)CC3)ncnc2s1. The number of piperazine rings is 1. The molecule has 138 valence electrons. The smallest absolute Gasteiger partial charge is 0.140 e. The number of aryl methyl sites for hydroxylation is 1. The van der Waals surface area contributed by atoms with Gasteiger partial charge >= 0.3 is 0 Å². The predicted molar refractivity (Wildman–Crippen MR) is 116 cm³/mol. The van der Waals surface area contributed by atoms with E-state index in [1.54, 1.807) is 17.7 Å². The lowest BCUT2D eigenvalue weighted by Crippen LogP contribution is -2.46. The largest absolute Gasteiger partial charge is 0.353 e. The van der Waals surface area contributed by atoms with E-state index >= 15 is 0 Å². The molecule has 3 aromatic heterocycles. The maximum Gasteiger partial charge on any atom is 0.140 e. The monoisotopic (exact) mass is 394 g/mol. The van der Waals surface area contributed by atoms with Gasteiger partial charge in [-0.1, -0.05) is 25.1 Å². The number of hydrogen-bond donors (Lipinski definition) is 0. The van der Waals surface area contributed by atoms with Crippen LogP contribution < -0.4 is 4.90 Å². The molecule has 0 atom stereocenters. The standard InChI is InChI=1S/C21H22N4S2/c1-2-16-11-18-20(22-14-23-21(18)27-16)25-9-7-24(8-10-25)12-15-13-26-19-6-4-3-5-17(15)19/h3-6,11,13-14H,2,7-10,12H2,1H3. The van der Waals surface area contributed by atoms with Crippen molar-refractivity contribution in [1.82, 2.24) is 14.9 Å². The summed E-state index contributed by atoms with van der Waals surface area (Å²) in [5.74, 6) is 1.11. The number of rotatable bonds is 4. The molecular formula is C21H22N4S2. The van der Waals surface area contributed by atoms with Crippen LogP contribution in [0, 0.1) is 0 Å². The summed E-state index contributed by atoms with van der Waals surface area (Å²) in [6, 6.07) is 11.0. The molecule has 27 heavy (non-hydrogen) atoms. The molecule has 1 aliphatic heterocycles. The van der Waals surface area contributed by atoms with Crippen molar-refractivity contribution in [3.63, 3.8) is 0 Å². The van der Waals surface area contributed by atoms with E-state index in [1.165, 1.54) is 25.9 Å². The number of hydrogen-bond acceptors (Lipinski definition) is 6. The minimum Gasteiger partial charge on any atom is -0.353 e. The zero-order valence-corrected chi connectivity index (χ0v) is 17.0. The molecule has 0 bridgehead atoms. The van der Waals surface area contributed by atoms with Crippen molar-refractivity contribution in [3.05, 3.63) is 52.5 Å². The molecule has 0 unspecified atom stereocenters. The Labute approximate surface area is 167 Å². The van der Waals surface area contributed by atoms with Crippen molar-refractivity contribution >= 4 is 48.8 Å². The first-order valence-corrected chi connectivity index (χ1v) is 11.2. The number of fused-ring (bicyclic) bond motifs is 2. The second-order valence-electron chi connectivity index (χ2n) is 7.00. The van der Waals surface area contributed by atoms with Gasteiger partial charge in [0.2, 0.25) is 0 Å². The lowest BCUT2D eigenvalue weighted by atomic mass is 10.1. The minimum atomic E-state index is 1.02. The van der Waals surface area contributed by atoms with Gasteiger partial charge in [0.1, 0.15) is 17.0 Å². The van der Waals surface area contributed by atoms with E-state index in [0.717, 1.165) is 49.8 Å². The average Bonchev–Trinajstić information content (AvgIpc) is 3.32. The first-order valence-electron chi connectivity index (χ1n) is 9.47. The van der Waals surface area contributed by atoms with Gasteiger partial charge in [0.15, 0.2) is 0 Å². The number of thiophene rings is 2. The summed E-state index contributed by atoms with van der Waals surface area (Å²) in [5.41, 5.74) is 1.46. The van der Waals surface area contributed by atoms with Crippen LogP contribution in [0.3, 0.4) is 0 Å². The molecule has 0 aliphatic carbocycles. The van der Waals surface area contributed by atoms with Crippen LogP contribution in [0.5, 0.6) is 0 Å². The summed E-state index contributed by atoms with van der Waals surface area (Å²) in [4.78, 5) is 16.6. The van der Waals surface area contributed by atoms with Gasteiger partial charge in [-0.25, -0.2) is 9.97 Å². The highest BCUT2D eigenvalue weighted by molar-refractivity contribution is 7.18. The maximum absolute atomic E-state index is 4.62. The van der Waals surface area contributed by atoms with Gasteiger partial charge < -0.3 is 4.90 Å². The van der Waals surface area contributed by atoms with Crippen molar-refractivity contribution in [1.29, 1.82) is 0 Å². The average molecular weight is 395 g/mol. The Balaban J connectivity index is 1.31. The lowest BCUT2D eigenvalue weighted by molar-refractivity contribution is 0.250. The Morgan fingerprint density at radius 1 is 1.04 bits per heavy atom. The van der Waals surface area contributed by atoms with Crippen molar-refractivity contribution < 1.29 is 0 Å². The van der Waals surface area contributed by atoms with Gasteiger partial charge in [-0.05, 0) is 34.9 Å². The van der Waals surface area contributed by atoms with E-state index in [4.69, 9.17) is 0 Å². The van der Waals surface area contributed by atoms with Gasteiger partial charge in [-0.15, -0.1) is 22.7 Å². The molecule has 1 fully saturated rings. The zero-order valence-electron chi connectivity index (χ0n) is 15.4. The quantitative estimate of drug-likeness (QED) is 0.498.